The number of hydrogen-bond acceptors (Lipinski definition) is 4. The highest BCUT2D eigenvalue weighted by atomic mass is 32.1. The van der Waals surface area contributed by atoms with E-state index in [2.05, 4.69) is 12.1 Å². The molecule has 1 heterocycles. The van der Waals surface area contributed by atoms with Crippen molar-refractivity contribution in [3.8, 4) is 0 Å². The molecule has 0 radical (unpaired) electrons. The topological polar surface area (TPSA) is 43.4 Å². The van der Waals surface area contributed by atoms with E-state index in [1.807, 2.05) is 12.1 Å². The lowest BCUT2D eigenvalue weighted by molar-refractivity contribution is 0.0710. The van der Waals surface area contributed by atoms with E-state index in [0.29, 0.717) is 42.0 Å². The van der Waals surface area contributed by atoms with Crippen LogP contribution in [0.4, 0.5) is 0 Å². The van der Waals surface area contributed by atoms with Crippen LogP contribution in [0.1, 0.15) is 43.0 Å². The van der Waals surface area contributed by atoms with Gasteiger partial charge < -0.3 is 4.74 Å². The minimum atomic E-state index is -0.933. The van der Waals surface area contributed by atoms with E-state index in [1.165, 1.54) is 0 Å². The highest BCUT2D eigenvalue weighted by Gasteiger charge is 2.55. The summed E-state index contributed by atoms with van der Waals surface area (Å²) in [7, 11) is 0. The summed E-state index contributed by atoms with van der Waals surface area (Å²) >= 11 is 5.16. The third-order valence-corrected chi connectivity index (χ3v) is 5.78. The number of thiocarbonyl (C=S) groups is 1. The zero-order valence-corrected chi connectivity index (χ0v) is 13.7. The average Bonchev–Trinajstić information content (AvgIpc) is 3.05. The Labute approximate surface area is 144 Å². The van der Waals surface area contributed by atoms with Gasteiger partial charge >= 0.3 is 0 Å². The molecule has 0 fully saturated rings. The molecule has 2 aromatic rings. The molecule has 0 bridgehead atoms. The van der Waals surface area contributed by atoms with Crippen LogP contribution in [0.2, 0.25) is 0 Å². The molecule has 3 nitrogen and oxygen atoms in total. The van der Waals surface area contributed by atoms with Crippen molar-refractivity contribution in [1.29, 1.82) is 0 Å². The smallest absolute Gasteiger partial charge is 0.178 e. The number of carbonyl (C=O) groups excluding carboxylic acids is 2. The van der Waals surface area contributed by atoms with Gasteiger partial charge in [-0.05, 0) is 47.3 Å². The molecular formula is C20H14O3S. The van der Waals surface area contributed by atoms with Crippen LogP contribution >= 0.6 is 12.2 Å². The van der Waals surface area contributed by atoms with Gasteiger partial charge in [-0.25, -0.2) is 0 Å². The normalized spacial score (nSPS) is 19.9. The first kappa shape index (κ1) is 14.1. The van der Waals surface area contributed by atoms with E-state index in [-0.39, 0.29) is 11.6 Å². The third kappa shape index (κ3) is 1.69. The number of Topliss-reactive ketones (excluding diaryl/α,β-unsaturated/α-hetero) is 2. The number of hydrogen-bond donors (Lipinski definition) is 0. The predicted octanol–water partition coefficient (Wildman–Crippen LogP) is 3.25. The first-order chi connectivity index (χ1) is 11.6. The Bertz CT molecular complexity index is 922. The standard InChI is InChI=1S/C20H14O3S/c21-18-15-3-1-2-4-16(15)19(22)20(18)8-12-5-11-7-17(24)23-10-14(11)6-13(12)9-20/h1-6H,7-10H2. The van der Waals surface area contributed by atoms with Gasteiger partial charge in [-0.2, -0.15) is 0 Å². The zero-order valence-electron chi connectivity index (χ0n) is 12.9. The molecule has 24 heavy (non-hydrogen) atoms. The van der Waals surface area contributed by atoms with Crippen molar-refractivity contribution in [2.75, 3.05) is 0 Å². The van der Waals surface area contributed by atoms with Crippen molar-refractivity contribution in [1.82, 2.24) is 0 Å². The Morgan fingerprint density at radius 3 is 2.08 bits per heavy atom. The van der Waals surface area contributed by atoms with Crippen LogP contribution in [-0.4, -0.2) is 16.6 Å². The van der Waals surface area contributed by atoms with Crippen molar-refractivity contribution in [2.45, 2.75) is 25.9 Å². The van der Waals surface area contributed by atoms with Gasteiger partial charge in [0.15, 0.2) is 16.6 Å². The molecule has 0 amide bonds. The number of rotatable bonds is 0. The second-order valence-electron chi connectivity index (χ2n) is 6.87. The van der Waals surface area contributed by atoms with Crippen molar-refractivity contribution in [3.63, 3.8) is 0 Å². The fourth-order valence-corrected chi connectivity index (χ4v) is 4.53. The third-order valence-electron chi connectivity index (χ3n) is 5.52. The van der Waals surface area contributed by atoms with E-state index in [4.69, 9.17) is 17.0 Å². The molecule has 1 aliphatic heterocycles. The molecule has 3 aliphatic rings. The summed E-state index contributed by atoms with van der Waals surface area (Å²) in [5.41, 5.74) is 4.70. The molecular weight excluding hydrogens is 320 g/mol. The maximum absolute atomic E-state index is 13.0. The Balaban J connectivity index is 1.61. The summed E-state index contributed by atoms with van der Waals surface area (Å²) in [5, 5.41) is 0.607. The number of carbonyl (C=O) groups is 2. The van der Waals surface area contributed by atoms with E-state index in [9.17, 15) is 9.59 Å². The van der Waals surface area contributed by atoms with Crippen LogP contribution in [0, 0.1) is 5.41 Å². The molecule has 0 atom stereocenters. The molecule has 0 unspecified atom stereocenters. The van der Waals surface area contributed by atoms with Crippen molar-refractivity contribution < 1.29 is 14.3 Å². The van der Waals surface area contributed by atoms with Crippen LogP contribution in [0.15, 0.2) is 36.4 Å². The van der Waals surface area contributed by atoms with E-state index in [0.717, 1.165) is 22.3 Å². The second-order valence-corrected chi connectivity index (χ2v) is 7.32. The molecule has 4 heteroatoms. The molecule has 0 N–H and O–H groups in total. The van der Waals surface area contributed by atoms with Crippen molar-refractivity contribution in [3.05, 3.63) is 69.8 Å². The average molecular weight is 334 g/mol. The zero-order chi connectivity index (χ0) is 16.5. The first-order valence-electron chi connectivity index (χ1n) is 8.06. The van der Waals surface area contributed by atoms with Gasteiger partial charge in [0.05, 0.1) is 0 Å². The minimum Gasteiger partial charge on any atom is -0.482 e. The molecule has 0 saturated carbocycles. The Hall–Kier alpha value is -2.33. The molecule has 5 rings (SSSR count). The van der Waals surface area contributed by atoms with Crippen LogP contribution in [-0.2, 0) is 30.6 Å². The molecule has 0 aromatic heterocycles. The number of ether oxygens (including phenoxy) is 1. The van der Waals surface area contributed by atoms with Gasteiger partial charge in [-0.15, -0.1) is 0 Å². The number of fused-ring (bicyclic) bond motifs is 3. The Morgan fingerprint density at radius 1 is 0.875 bits per heavy atom. The summed E-state index contributed by atoms with van der Waals surface area (Å²) in [6, 6.07) is 11.4. The van der Waals surface area contributed by atoms with Gasteiger partial charge in [0.1, 0.15) is 12.0 Å². The molecule has 2 aliphatic carbocycles. The quantitative estimate of drug-likeness (QED) is 0.548. The maximum Gasteiger partial charge on any atom is 0.178 e. The highest BCUT2D eigenvalue weighted by Crippen LogP contribution is 2.47. The van der Waals surface area contributed by atoms with Crippen molar-refractivity contribution in [2.24, 2.45) is 5.41 Å². The van der Waals surface area contributed by atoms with Gasteiger partial charge in [-0.1, -0.05) is 36.4 Å². The lowest BCUT2D eigenvalue weighted by atomic mass is 9.80. The minimum absolute atomic E-state index is 0.0240. The summed E-state index contributed by atoms with van der Waals surface area (Å²) in [6.45, 7) is 0.483. The Kier molecular flexibility index (Phi) is 2.70. The van der Waals surface area contributed by atoms with E-state index < -0.39 is 5.41 Å². The van der Waals surface area contributed by atoms with Gasteiger partial charge in [0, 0.05) is 17.5 Å². The first-order valence-corrected chi connectivity index (χ1v) is 8.47. The van der Waals surface area contributed by atoms with E-state index in [1.54, 1.807) is 12.1 Å². The SMILES string of the molecule is O=C1c2ccccc2C(=O)C12Cc1cc3c(cc1C2)CC(=S)OC3. The molecule has 118 valence electrons. The second kappa shape index (κ2) is 4.61. The number of ketones is 2. The molecule has 1 spiro atoms. The summed E-state index contributed by atoms with van der Waals surface area (Å²) in [6.07, 6.45) is 1.62. The summed E-state index contributed by atoms with van der Waals surface area (Å²) in [5.74, 6) is -0.0481. The fraction of sp³-hybridized carbons (Fsp3) is 0.250. The van der Waals surface area contributed by atoms with E-state index >= 15 is 0 Å². The largest absolute Gasteiger partial charge is 0.482 e. The van der Waals surface area contributed by atoms with Gasteiger partial charge in [0.2, 0.25) is 0 Å². The summed E-state index contributed by atoms with van der Waals surface area (Å²) in [4.78, 5) is 26.0. The maximum atomic E-state index is 13.0. The predicted molar refractivity (Wildman–Crippen MR) is 92.5 cm³/mol. The molecule has 2 aromatic carbocycles. The fourth-order valence-electron chi connectivity index (χ4n) is 4.32. The van der Waals surface area contributed by atoms with Crippen LogP contribution in [0.3, 0.4) is 0 Å². The number of benzene rings is 2. The lowest BCUT2D eigenvalue weighted by Crippen LogP contribution is -2.34. The van der Waals surface area contributed by atoms with Crippen LogP contribution < -0.4 is 0 Å². The van der Waals surface area contributed by atoms with Gasteiger partial charge in [0.25, 0.3) is 0 Å². The lowest BCUT2D eigenvalue weighted by Gasteiger charge is -2.19. The van der Waals surface area contributed by atoms with Crippen LogP contribution in [0.5, 0.6) is 0 Å². The summed E-state index contributed by atoms with van der Waals surface area (Å²) < 4.78 is 5.47. The van der Waals surface area contributed by atoms with Crippen molar-refractivity contribution >= 4 is 28.8 Å². The van der Waals surface area contributed by atoms with Crippen LogP contribution in [0.25, 0.3) is 0 Å². The Morgan fingerprint density at radius 2 is 1.46 bits per heavy atom. The monoisotopic (exact) mass is 334 g/mol. The van der Waals surface area contributed by atoms with Gasteiger partial charge in [-0.3, -0.25) is 9.59 Å². The molecule has 0 saturated heterocycles. The highest BCUT2D eigenvalue weighted by molar-refractivity contribution is 7.80.